The molecule has 1 fully saturated rings. The third kappa shape index (κ3) is 4.76. The standard InChI is InChI=1S/C29H30Cl2N4O7S/c1-33(2)27(36)22-7-6-14-34(22)29(19-10-13-25(31)32-26(19)42-5)20-15-17(30)8-11-21(20)35(28(29)37)43(38,39)24-12-9-18(40-3)16-23(24)41-4/h8-13,15-16,22H,6-7,14H2,1-5H3/t22-,29?/m0/s1. The van der Waals surface area contributed by atoms with Crippen molar-refractivity contribution >= 4 is 50.7 Å². The van der Waals surface area contributed by atoms with E-state index in [1.54, 1.807) is 31.1 Å². The molecule has 43 heavy (non-hydrogen) atoms. The van der Waals surface area contributed by atoms with Crippen molar-refractivity contribution < 1.29 is 32.2 Å². The molecule has 2 amide bonds. The summed E-state index contributed by atoms with van der Waals surface area (Å²) in [6, 6.07) is 11.0. The minimum atomic E-state index is -4.62. The maximum Gasteiger partial charge on any atom is 0.274 e. The number of ether oxygens (including phenoxy) is 3. The molecule has 1 saturated heterocycles. The summed E-state index contributed by atoms with van der Waals surface area (Å²) in [6.07, 6.45) is 1.00. The van der Waals surface area contributed by atoms with E-state index in [4.69, 9.17) is 37.4 Å². The Morgan fingerprint density at radius 1 is 1.00 bits per heavy atom. The summed E-state index contributed by atoms with van der Waals surface area (Å²) >= 11 is 12.8. The number of aromatic nitrogens is 1. The number of carbonyl (C=O) groups excluding carboxylic acids is 2. The van der Waals surface area contributed by atoms with Crippen molar-refractivity contribution in [2.75, 3.05) is 46.3 Å². The van der Waals surface area contributed by atoms with Crippen LogP contribution in [0.5, 0.6) is 17.4 Å². The molecule has 0 bridgehead atoms. The fourth-order valence-electron chi connectivity index (χ4n) is 5.94. The average molecular weight is 650 g/mol. The molecule has 5 rings (SSSR count). The molecule has 0 spiro atoms. The molecule has 2 aliphatic rings. The van der Waals surface area contributed by atoms with Crippen LogP contribution in [0.1, 0.15) is 24.0 Å². The first-order chi connectivity index (χ1) is 20.4. The molecular weight excluding hydrogens is 619 g/mol. The van der Waals surface area contributed by atoms with E-state index in [9.17, 15) is 13.2 Å². The second-order valence-electron chi connectivity index (χ2n) is 10.2. The topological polar surface area (TPSA) is 119 Å². The lowest BCUT2D eigenvalue weighted by Gasteiger charge is -2.41. The Kier molecular flexibility index (Phi) is 8.25. The van der Waals surface area contributed by atoms with E-state index in [-0.39, 0.29) is 56.0 Å². The van der Waals surface area contributed by atoms with Gasteiger partial charge in [-0.05, 0) is 55.3 Å². The number of nitrogens with zero attached hydrogens (tertiary/aromatic N) is 4. The van der Waals surface area contributed by atoms with Gasteiger partial charge in [-0.15, -0.1) is 0 Å². The number of fused-ring (bicyclic) bond motifs is 1. The van der Waals surface area contributed by atoms with Gasteiger partial charge < -0.3 is 19.1 Å². The Hall–Kier alpha value is -3.58. The van der Waals surface area contributed by atoms with E-state index in [1.807, 2.05) is 0 Å². The van der Waals surface area contributed by atoms with Gasteiger partial charge in [-0.2, -0.15) is 0 Å². The van der Waals surface area contributed by atoms with Crippen LogP contribution in [-0.2, 0) is 25.2 Å². The maximum absolute atomic E-state index is 15.2. The largest absolute Gasteiger partial charge is 0.497 e. The molecule has 0 saturated carbocycles. The van der Waals surface area contributed by atoms with Crippen molar-refractivity contribution in [1.82, 2.24) is 14.8 Å². The van der Waals surface area contributed by atoms with Gasteiger partial charge in [0.15, 0.2) is 5.54 Å². The van der Waals surface area contributed by atoms with Crippen LogP contribution in [0, 0.1) is 0 Å². The Labute approximate surface area is 259 Å². The van der Waals surface area contributed by atoms with Crippen molar-refractivity contribution in [3.63, 3.8) is 0 Å². The zero-order chi connectivity index (χ0) is 31.3. The second kappa shape index (κ2) is 11.5. The molecule has 2 aromatic carbocycles. The Balaban J connectivity index is 1.86. The summed E-state index contributed by atoms with van der Waals surface area (Å²) in [5.41, 5.74) is -1.36. The van der Waals surface area contributed by atoms with Crippen LogP contribution >= 0.6 is 23.2 Å². The summed E-state index contributed by atoms with van der Waals surface area (Å²) in [6.45, 7) is 0.285. The number of rotatable bonds is 8. The van der Waals surface area contributed by atoms with Gasteiger partial charge in [-0.25, -0.2) is 17.7 Å². The van der Waals surface area contributed by atoms with E-state index < -0.39 is 27.5 Å². The SMILES string of the molecule is COc1ccc(S(=O)(=O)N2C(=O)C(c3ccc(Cl)nc3OC)(N3CCC[C@H]3C(=O)N(C)C)c3cc(Cl)ccc32)c(OC)c1. The summed E-state index contributed by atoms with van der Waals surface area (Å²) < 4.78 is 46.1. The van der Waals surface area contributed by atoms with Gasteiger partial charge in [-0.3, -0.25) is 14.5 Å². The van der Waals surface area contributed by atoms with Crippen molar-refractivity contribution in [3.8, 4) is 17.4 Å². The number of benzene rings is 2. The predicted octanol–water partition coefficient (Wildman–Crippen LogP) is 3.95. The highest BCUT2D eigenvalue weighted by Gasteiger charge is 2.63. The van der Waals surface area contributed by atoms with Crippen molar-refractivity contribution in [2.45, 2.75) is 29.3 Å². The molecule has 11 nitrogen and oxygen atoms in total. The van der Waals surface area contributed by atoms with Gasteiger partial charge in [0.1, 0.15) is 21.5 Å². The Bertz CT molecular complexity index is 1720. The first-order valence-electron chi connectivity index (χ1n) is 13.2. The van der Waals surface area contributed by atoms with E-state index in [0.29, 0.717) is 18.6 Å². The minimum Gasteiger partial charge on any atom is -0.497 e. The van der Waals surface area contributed by atoms with E-state index in [0.717, 1.165) is 4.31 Å². The molecule has 14 heteroatoms. The summed E-state index contributed by atoms with van der Waals surface area (Å²) in [4.78, 5) is 35.9. The second-order valence-corrected chi connectivity index (χ2v) is 12.8. The molecule has 228 valence electrons. The lowest BCUT2D eigenvalue weighted by atomic mass is 9.81. The van der Waals surface area contributed by atoms with Gasteiger partial charge in [-0.1, -0.05) is 23.2 Å². The number of carbonyl (C=O) groups is 2. The highest BCUT2D eigenvalue weighted by atomic mass is 35.5. The van der Waals surface area contributed by atoms with Crippen LogP contribution in [0.25, 0.3) is 0 Å². The van der Waals surface area contributed by atoms with Crippen LogP contribution in [0.15, 0.2) is 53.4 Å². The van der Waals surface area contributed by atoms with Crippen LogP contribution in [0.2, 0.25) is 10.2 Å². The van der Waals surface area contributed by atoms with E-state index >= 15 is 4.79 Å². The molecule has 3 heterocycles. The maximum atomic E-state index is 15.2. The number of halogens is 2. The van der Waals surface area contributed by atoms with Crippen LogP contribution < -0.4 is 18.5 Å². The van der Waals surface area contributed by atoms with Crippen LogP contribution in [-0.4, -0.2) is 83.0 Å². The Morgan fingerprint density at radius 2 is 1.74 bits per heavy atom. The summed E-state index contributed by atoms with van der Waals surface area (Å²) in [5.74, 6) is -0.760. The molecule has 1 unspecified atom stereocenters. The number of pyridine rings is 1. The van der Waals surface area contributed by atoms with Crippen LogP contribution in [0.4, 0.5) is 5.69 Å². The number of hydrogen-bond acceptors (Lipinski definition) is 9. The number of sulfonamides is 1. The van der Waals surface area contributed by atoms with E-state index in [1.165, 1.54) is 62.6 Å². The highest BCUT2D eigenvalue weighted by molar-refractivity contribution is 7.93. The number of hydrogen-bond donors (Lipinski definition) is 0. The van der Waals surface area contributed by atoms with Gasteiger partial charge in [0.05, 0.1) is 33.1 Å². The van der Waals surface area contributed by atoms with Crippen molar-refractivity contribution in [1.29, 1.82) is 0 Å². The molecule has 0 N–H and O–H groups in total. The zero-order valence-electron chi connectivity index (χ0n) is 24.1. The predicted molar refractivity (Wildman–Crippen MR) is 161 cm³/mol. The fourth-order valence-corrected chi connectivity index (χ4v) is 7.85. The van der Waals surface area contributed by atoms with Crippen LogP contribution in [0.3, 0.4) is 0 Å². The first kappa shape index (κ1) is 30.9. The average Bonchev–Trinajstić information content (AvgIpc) is 3.57. The normalized spacial score (nSPS) is 20.2. The van der Waals surface area contributed by atoms with Crippen molar-refractivity contribution in [3.05, 3.63) is 69.8 Å². The molecule has 3 aromatic rings. The Morgan fingerprint density at radius 3 is 2.40 bits per heavy atom. The van der Waals surface area contributed by atoms with Gasteiger partial charge in [0.25, 0.3) is 15.9 Å². The van der Waals surface area contributed by atoms with Gasteiger partial charge in [0, 0.05) is 42.9 Å². The number of anilines is 1. The van der Waals surface area contributed by atoms with Gasteiger partial charge >= 0.3 is 0 Å². The number of methoxy groups -OCH3 is 3. The molecule has 2 atom stereocenters. The molecule has 0 radical (unpaired) electrons. The first-order valence-corrected chi connectivity index (χ1v) is 15.4. The monoisotopic (exact) mass is 648 g/mol. The molecular formula is C29H30Cl2N4O7S. The fraction of sp³-hybridized carbons (Fsp3) is 0.345. The number of amides is 2. The van der Waals surface area contributed by atoms with E-state index in [2.05, 4.69) is 4.98 Å². The third-order valence-corrected chi connectivity index (χ3v) is 9.95. The summed E-state index contributed by atoms with van der Waals surface area (Å²) in [5, 5.41) is 0.357. The smallest absolute Gasteiger partial charge is 0.274 e. The molecule has 1 aromatic heterocycles. The van der Waals surface area contributed by atoms with Crippen molar-refractivity contribution in [2.24, 2.45) is 0 Å². The molecule has 2 aliphatic heterocycles. The lowest BCUT2D eigenvalue weighted by molar-refractivity contribution is -0.138. The summed E-state index contributed by atoms with van der Waals surface area (Å²) in [7, 11) is 2.77. The van der Waals surface area contributed by atoms with Gasteiger partial charge in [0.2, 0.25) is 11.8 Å². The minimum absolute atomic E-state index is 0.00370. The third-order valence-electron chi connectivity index (χ3n) is 7.77. The highest BCUT2D eigenvalue weighted by Crippen LogP contribution is 2.55. The lowest BCUT2D eigenvalue weighted by Crippen LogP contribution is -2.59. The number of likely N-dealkylation sites (tertiary alicyclic amines) is 1. The quantitative estimate of drug-likeness (QED) is 0.335. The number of likely N-dealkylation sites (N-methyl/N-ethyl adjacent to an activating group) is 1. The molecule has 0 aliphatic carbocycles. The zero-order valence-corrected chi connectivity index (χ0v) is 26.5.